The lowest BCUT2D eigenvalue weighted by Gasteiger charge is -2.31. The summed E-state index contributed by atoms with van der Waals surface area (Å²) in [6, 6.07) is 5.28. The Morgan fingerprint density at radius 2 is 2.00 bits per heavy atom. The first-order chi connectivity index (χ1) is 12.3. The van der Waals surface area contributed by atoms with E-state index in [4.69, 9.17) is 9.47 Å². The average Bonchev–Trinajstić information content (AvgIpc) is 2.67. The van der Waals surface area contributed by atoms with Gasteiger partial charge in [-0.15, -0.1) is 0 Å². The maximum absolute atomic E-state index is 12.6. The minimum atomic E-state index is -3.26. The highest BCUT2D eigenvalue weighted by Crippen LogP contribution is 2.30. The third-order valence-corrected chi connectivity index (χ3v) is 6.63. The second-order valence-corrected chi connectivity index (χ2v) is 8.70. The molecule has 0 spiro atoms. The van der Waals surface area contributed by atoms with Crippen molar-refractivity contribution in [3.63, 3.8) is 0 Å². The Balaban J connectivity index is 2.04. The van der Waals surface area contributed by atoms with Crippen molar-refractivity contribution < 1.29 is 22.7 Å². The van der Waals surface area contributed by atoms with E-state index in [2.05, 4.69) is 5.32 Å². The lowest BCUT2D eigenvalue weighted by Crippen LogP contribution is -2.46. The van der Waals surface area contributed by atoms with E-state index < -0.39 is 10.0 Å². The molecule has 1 aliphatic rings. The zero-order valence-electron chi connectivity index (χ0n) is 15.8. The van der Waals surface area contributed by atoms with E-state index >= 15 is 0 Å². The van der Waals surface area contributed by atoms with E-state index in [1.54, 1.807) is 27.2 Å². The van der Waals surface area contributed by atoms with E-state index in [9.17, 15) is 13.2 Å². The Morgan fingerprint density at radius 3 is 2.62 bits per heavy atom. The molecule has 2 atom stereocenters. The van der Waals surface area contributed by atoms with E-state index in [0.29, 0.717) is 30.9 Å². The monoisotopic (exact) mass is 384 g/mol. The number of nitrogens with one attached hydrogen (secondary N) is 1. The molecule has 1 aliphatic heterocycles. The predicted octanol–water partition coefficient (Wildman–Crippen LogP) is 1.94. The standard InChI is InChI=1S/C18H28N2O5S/c1-5-26(22,23)20-10-6-7-15(12-20)18(21)19-13(2)14-8-9-16(24-3)17(11-14)25-4/h8-9,11,13,15H,5-7,10,12H2,1-4H3,(H,19,21)/t13-,15-/m0/s1. The van der Waals surface area contributed by atoms with Crippen LogP contribution in [0.1, 0.15) is 38.3 Å². The van der Waals surface area contributed by atoms with E-state index in [-0.39, 0.29) is 30.2 Å². The van der Waals surface area contributed by atoms with Gasteiger partial charge in [0.15, 0.2) is 11.5 Å². The SMILES string of the molecule is CCS(=O)(=O)N1CCC[C@H](C(=O)N[C@@H](C)c2ccc(OC)c(OC)c2)C1. The van der Waals surface area contributed by atoms with Gasteiger partial charge < -0.3 is 14.8 Å². The molecule has 1 N–H and O–H groups in total. The van der Waals surface area contributed by atoms with Gasteiger partial charge >= 0.3 is 0 Å². The molecule has 0 bridgehead atoms. The number of carbonyl (C=O) groups excluding carboxylic acids is 1. The number of benzene rings is 1. The summed E-state index contributed by atoms with van der Waals surface area (Å²) in [5, 5.41) is 2.99. The van der Waals surface area contributed by atoms with Gasteiger partial charge in [0.25, 0.3) is 0 Å². The first kappa shape index (κ1) is 20.5. The zero-order chi connectivity index (χ0) is 19.3. The molecule has 7 nitrogen and oxygen atoms in total. The molecule has 26 heavy (non-hydrogen) atoms. The highest BCUT2D eigenvalue weighted by atomic mass is 32.2. The van der Waals surface area contributed by atoms with Crippen LogP contribution < -0.4 is 14.8 Å². The number of rotatable bonds is 7. The molecule has 8 heteroatoms. The van der Waals surface area contributed by atoms with Crippen molar-refractivity contribution in [3.05, 3.63) is 23.8 Å². The summed E-state index contributed by atoms with van der Waals surface area (Å²) in [6.07, 6.45) is 1.39. The fourth-order valence-corrected chi connectivity index (χ4v) is 4.31. The van der Waals surface area contributed by atoms with Crippen LogP contribution in [0.15, 0.2) is 18.2 Å². The van der Waals surface area contributed by atoms with Crippen LogP contribution >= 0.6 is 0 Å². The summed E-state index contributed by atoms with van der Waals surface area (Å²) in [5.74, 6) is 0.839. The third-order valence-electron chi connectivity index (χ3n) is 4.78. The number of ether oxygens (including phenoxy) is 2. The topological polar surface area (TPSA) is 84.9 Å². The fraction of sp³-hybridized carbons (Fsp3) is 0.611. The van der Waals surface area contributed by atoms with Crippen molar-refractivity contribution in [3.8, 4) is 11.5 Å². The molecule has 146 valence electrons. The predicted molar refractivity (Wildman–Crippen MR) is 99.9 cm³/mol. The minimum absolute atomic E-state index is 0.0589. The van der Waals surface area contributed by atoms with E-state index in [1.165, 1.54) is 4.31 Å². The smallest absolute Gasteiger partial charge is 0.224 e. The molecule has 1 saturated heterocycles. The molecule has 0 aromatic heterocycles. The summed E-state index contributed by atoms with van der Waals surface area (Å²) < 4.78 is 36.1. The molecule has 0 aliphatic carbocycles. The minimum Gasteiger partial charge on any atom is -0.493 e. The number of amides is 1. The fourth-order valence-electron chi connectivity index (χ4n) is 3.13. The highest BCUT2D eigenvalue weighted by Gasteiger charge is 2.31. The third kappa shape index (κ3) is 4.67. The Morgan fingerprint density at radius 1 is 1.31 bits per heavy atom. The van der Waals surface area contributed by atoms with Gasteiger partial charge in [-0.25, -0.2) is 12.7 Å². The Hall–Kier alpha value is -1.80. The number of hydrogen-bond acceptors (Lipinski definition) is 5. The van der Waals surface area contributed by atoms with Crippen molar-refractivity contribution in [2.45, 2.75) is 32.7 Å². The van der Waals surface area contributed by atoms with Crippen molar-refractivity contribution in [2.24, 2.45) is 5.92 Å². The molecule has 1 amide bonds. The number of hydrogen-bond donors (Lipinski definition) is 1. The van der Waals surface area contributed by atoms with Gasteiger partial charge in [0.2, 0.25) is 15.9 Å². The molecular weight excluding hydrogens is 356 g/mol. The van der Waals surface area contributed by atoms with E-state index in [0.717, 1.165) is 5.56 Å². The average molecular weight is 384 g/mol. The van der Waals surface area contributed by atoms with Crippen LogP contribution in [0.25, 0.3) is 0 Å². The van der Waals surface area contributed by atoms with Crippen LogP contribution in [0.3, 0.4) is 0 Å². The number of piperidine rings is 1. The molecular formula is C18H28N2O5S. The van der Waals surface area contributed by atoms with Gasteiger partial charge in [0, 0.05) is 13.1 Å². The Kier molecular flexibility index (Phi) is 6.88. The Labute approximate surface area is 155 Å². The summed E-state index contributed by atoms with van der Waals surface area (Å²) in [7, 11) is -0.126. The highest BCUT2D eigenvalue weighted by molar-refractivity contribution is 7.89. The quantitative estimate of drug-likeness (QED) is 0.777. The van der Waals surface area contributed by atoms with Gasteiger partial charge in [-0.2, -0.15) is 0 Å². The number of nitrogens with zero attached hydrogens (tertiary/aromatic N) is 1. The maximum atomic E-state index is 12.6. The van der Waals surface area contributed by atoms with Gasteiger partial charge in [0.05, 0.1) is 31.9 Å². The molecule has 2 rings (SSSR count). The molecule has 1 aromatic carbocycles. The van der Waals surface area contributed by atoms with Crippen LogP contribution in [0.2, 0.25) is 0 Å². The lowest BCUT2D eigenvalue weighted by atomic mass is 9.98. The lowest BCUT2D eigenvalue weighted by molar-refractivity contribution is -0.126. The van der Waals surface area contributed by atoms with Gasteiger partial charge in [-0.05, 0) is 44.4 Å². The van der Waals surface area contributed by atoms with Crippen molar-refractivity contribution in [1.29, 1.82) is 0 Å². The van der Waals surface area contributed by atoms with Crippen LogP contribution in [-0.2, 0) is 14.8 Å². The summed E-state index contributed by atoms with van der Waals surface area (Å²) >= 11 is 0. The second-order valence-electron chi connectivity index (χ2n) is 6.44. The first-order valence-electron chi connectivity index (χ1n) is 8.82. The summed E-state index contributed by atoms with van der Waals surface area (Å²) in [6.45, 7) is 4.26. The number of methoxy groups -OCH3 is 2. The molecule has 1 aromatic rings. The second kappa shape index (κ2) is 8.73. The molecule has 1 heterocycles. The zero-order valence-corrected chi connectivity index (χ0v) is 16.6. The van der Waals surface area contributed by atoms with Crippen LogP contribution in [0, 0.1) is 5.92 Å². The van der Waals surface area contributed by atoms with Crippen LogP contribution in [0.4, 0.5) is 0 Å². The van der Waals surface area contributed by atoms with Crippen LogP contribution in [-0.4, -0.2) is 51.7 Å². The summed E-state index contributed by atoms with van der Waals surface area (Å²) in [4.78, 5) is 12.6. The number of carbonyl (C=O) groups is 1. The maximum Gasteiger partial charge on any atom is 0.224 e. The molecule has 1 fully saturated rings. The normalized spacial score (nSPS) is 19.6. The van der Waals surface area contributed by atoms with Gasteiger partial charge in [-0.3, -0.25) is 4.79 Å². The van der Waals surface area contributed by atoms with Crippen molar-refractivity contribution in [2.75, 3.05) is 33.1 Å². The molecule has 0 unspecified atom stereocenters. The molecule has 0 saturated carbocycles. The summed E-state index contributed by atoms with van der Waals surface area (Å²) in [5.41, 5.74) is 0.893. The molecule has 0 radical (unpaired) electrons. The largest absolute Gasteiger partial charge is 0.493 e. The Bertz CT molecular complexity index is 735. The van der Waals surface area contributed by atoms with E-state index in [1.807, 2.05) is 19.1 Å². The van der Waals surface area contributed by atoms with Crippen molar-refractivity contribution in [1.82, 2.24) is 9.62 Å². The van der Waals surface area contributed by atoms with Crippen molar-refractivity contribution >= 4 is 15.9 Å². The van der Waals surface area contributed by atoms with Gasteiger partial charge in [-0.1, -0.05) is 6.07 Å². The van der Waals surface area contributed by atoms with Gasteiger partial charge in [0.1, 0.15) is 0 Å². The first-order valence-corrected chi connectivity index (χ1v) is 10.4. The van der Waals surface area contributed by atoms with Crippen LogP contribution in [0.5, 0.6) is 11.5 Å². The number of sulfonamides is 1.